The topological polar surface area (TPSA) is 107 Å². The first-order valence-corrected chi connectivity index (χ1v) is 8.29. The molecule has 9 heteroatoms. The Morgan fingerprint density at radius 1 is 1.41 bits per heavy atom. The van der Waals surface area contributed by atoms with Crippen molar-refractivity contribution in [2.75, 3.05) is 13.1 Å². The number of nitrogens with two attached hydrogens (primary N) is 1. The number of nitrogens with zero attached hydrogens (tertiary/aromatic N) is 2. The number of rotatable bonds is 4. The molecule has 124 valence electrons. The number of benzene rings is 1. The summed E-state index contributed by atoms with van der Waals surface area (Å²) in [5, 5.41) is 10.7. The summed E-state index contributed by atoms with van der Waals surface area (Å²) >= 11 is 0. The van der Waals surface area contributed by atoms with Crippen LogP contribution in [0.4, 0.5) is 5.69 Å². The molecule has 0 amide bonds. The van der Waals surface area contributed by atoms with Crippen LogP contribution in [0, 0.1) is 17.0 Å². The monoisotopic (exact) mass is 349 g/mol. The van der Waals surface area contributed by atoms with Gasteiger partial charge in [0.25, 0.3) is 5.69 Å². The highest BCUT2D eigenvalue weighted by molar-refractivity contribution is 7.89. The summed E-state index contributed by atoms with van der Waals surface area (Å²) < 4.78 is 27.0. The van der Waals surface area contributed by atoms with Crippen LogP contribution in [-0.2, 0) is 10.0 Å². The van der Waals surface area contributed by atoms with Crippen molar-refractivity contribution in [3.05, 3.63) is 33.9 Å². The van der Waals surface area contributed by atoms with Crippen LogP contribution in [0.15, 0.2) is 23.1 Å². The van der Waals surface area contributed by atoms with E-state index in [2.05, 4.69) is 0 Å². The minimum Gasteiger partial charge on any atom is -0.329 e. The van der Waals surface area contributed by atoms with Gasteiger partial charge in [0, 0.05) is 31.3 Å². The van der Waals surface area contributed by atoms with E-state index in [4.69, 9.17) is 5.73 Å². The molecule has 0 saturated carbocycles. The second kappa shape index (κ2) is 7.36. The number of sulfonamides is 1. The zero-order valence-electron chi connectivity index (χ0n) is 12.3. The van der Waals surface area contributed by atoms with E-state index in [-0.39, 0.29) is 35.6 Å². The number of aryl methyl sites for hydroxylation is 1. The molecular weight excluding hydrogens is 330 g/mol. The van der Waals surface area contributed by atoms with Gasteiger partial charge in [-0.1, -0.05) is 6.42 Å². The molecular formula is C13H20ClN3O4S. The SMILES string of the molecule is Cc1cc([N+](=O)[O-])ccc1S(=O)(=O)N1CCCCC1CN.Cl. The predicted molar refractivity (Wildman–Crippen MR) is 85.7 cm³/mol. The largest absolute Gasteiger partial charge is 0.329 e. The van der Waals surface area contributed by atoms with Gasteiger partial charge in [0.1, 0.15) is 0 Å². The van der Waals surface area contributed by atoms with Crippen LogP contribution in [0.2, 0.25) is 0 Å². The molecule has 1 atom stereocenters. The highest BCUT2D eigenvalue weighted by atomic mass is 35.5. The minimum absolute atomic E-state index is 0. The van der Waals surface area contributed by atoms with Crippen LogP contribution in [0.25, 0.3) is 0 Å². The van der Waals surface area contributed by atoms with Crippen LogP contribution in [0.5, 0.6) is 0 Å². The molecule has 1 fully saturated rings. The normalized spacial score (nSPS) is 19.5. The third-order valence-electron chi connectivity index (χ3n) is 3.80. The maximum atomic E-state index is 12.8. The number of nitro groups is 1. The van der Waals surface area contributed by atoms with Crippen molar-refractivity contribution < 1.29 is 13.3 Å². The first-order valence-electron chi connectivity index (χ1n) is 6.85. The molecule has 0 bridgehead atoms. The summed E-state index contributed by atoms with van der Waals surface area (Å²) in [7, 11) is -3.67. The highest BCUT2D eigenvalue weighted by Crippen LogP contribution is 2.28. The summed E-state index contributed by atoms with van der Waals surface area (Å²) in [6.07, 6.45) is 2.52. The van der Waals surface area contributed by atoms with Crippen molar-refractivity contribution in [2.45, 2.75) is 37.1 Å². The van der Waals surface area contributed by atoms with E-state index >= 15 is 0 Å². The lowest BCUT2D eigenvalue weighted by Gasteiger charge is -2.34. The third-order valence-corrected chi connectivity index (χ3v) is 5.91. The van der Waals surface area contributed by atoms with Gasteiger partial charge in [-0.15, -0.1) is 12.4 Å². The Morgan fingerprint density at radius 2 is 2.09 bits per heavy atom. The van der Waals surface area contributed by atoms with E-state index in [0.717, 1.165) is 19.3 Å². The molecule has 1 aromatic carbocycles. The number of nitro benzene ring substituents is 1. The van der Waals surface area contributed by atoms with Crippen LogP contribution in [0.3, 0.4) is 0 Å². The molecule has 1 unspecified atom stereocenters. The lowest BCUT2D eigenvalue weighted by molar-refractivity contribution is -0.385. The fraction of sp³-hybridized carbons (Fsp3) is 0.538. The van der Waals surface area contributed by atoms with Crippen LogP contribution in [0.1, 0.15) is 24.8 Å². The fourth-order valence-electron chi connectivity index (χ4n) is 2.69. The molecule has 1 saturated heterocycles. The molecule has 22 heavy (non-hydrogen) atoms. The first-order chi connectivity index (χ1) is 9.87. The van der Waals surface area contributed by atoms with Crippen molar-refractivity contribution in [1.82, 2.24) is 4.31 Å². The maximum absolute atomic E-state index is 12.8. The van der Waals surface area contributed by atoms with Crippen molar-refractivity contribution in [3.63, 3.8) is 0 Å². The number of hydrogen-bond acceptors (Lipinski definition) is 5. The van der Waals surface area contributed by atoms with Crippen LogP contribution >= 0.6 is 12.4 Å². The van der Waals surface area contributed by atoms with Gasteiger partial charge in [0.15, 0.2) is 0 Å². The molecule has 1 aliphatic rings. The smallest absolute Gasteiger partial charge is 0.269 e. The van der Waals surface area contributed by atoms with Crippen molar-refractivity contribution in [3.8, 4) is 0 Å². The highest BCUT2D eigenvalue weighted by Gasteiger charge is 2.33. The molecule has 0 aliphatic carbocycles. The first kappa shape index (κ1) is 18.8. The molecule has 1 aromatic rings. The quantitative estimate of drug-likeness (QED) is 0.659. The van der Waals surface area contributed by atoms with Crippen molar-refractivity contribution >= 4 is 28.1 Å². The Balaban J connectivity index is 0.00000242. The van der Waals surface area contributed by atoms with Gasteiger partial charge < -0.3 is 5.73 Å². The van der Waals surface area contributed by atoms with Gasteiger partial charge in [-0.2, -0.15) is 4.31 Å². The van der Waals surface area contributed by atoms with Gasteiger partial charge in [-0.05, 0) is 31.4 Å². The Hall–Kier alpha value is -1.22. The molecule has 0 radical (unpaired) electrons. The van der Waals surface area contributed by atoms with Gasteiger partial charge >= 0.3 is 0 Å². The second-order valence-corrected chi connectivity index (χ2v) is 7.07. The van der Waals surface area contributed by atoms with Crippen molar-refractivity contribution in [2.24, 2.45) is 5.73 Å². The number of halogens is 1. The van der Waals surface area contributed by atoms with E-state index in [1.165, 1.54) is 22.5 Å². The molecule has 0 aromatic heterocycles. The average molecular weight is 350 g/mol. The maximum Gasteiger partial charge on any atom is 0.269 e. The number of piperidine rings is 1. The average Bonchev–Trinajstić information content (AvgIpc) is 2.46. The van der Waals surface area contributed by atoms with E-state index in [0.29, 0.717) is 12.1 Å². The summed E-state index contributed by atoms with van der Waals surface area (Å²) in [5.41, 5.74) is 5.94. The Labute approximate surface area is 136 Å². The van der Waals surface area contributed by atoms with Crippen molar-refractivity contribution in [1.29, 1.82) is 0 Å². The summed E-state index contributed by atoms with van der Waals surface area (Å²) in [6, 6.07) is 3.62. The van der Waals surface area contributed by atoms with Crippen LogP contribution < -0.4 is 5.73 Å². The zero-order chi connectivity index (χ0) is 15.6. The molecule has 7 nitrogen and oxygen atoms in total. The summed E-state index contributed by atoms with van der Waals surface area (Å²) in [4.78, 5) is 10.3. The molecule has 2 N–H and O–H groups in total. The Kier molecular flexibility index (Phi) is 6.30. The zero-order valence-corrected chi connectivity index (χ0v) is 13.9. The predicted octanol–water partition coefficient (Wildman–Crippen LogP) is 1.83. The van der Waals surface area contributed by atoms with E-state index < -0.39 is 14.9 Å². The standard InChI is InChI=1S/C13H19N3O4S.ClH/c1-10-8-11(16(17)18)5-6-13(10)21(19,20)15-7-3-2-4-12(15)9-14;/h5-6,8,12H,2-4,7,9,14H2,1H3;1H. The Bertz CT molecular complexity index is 651. The fourth-order valence-corrected chi connectivity index (χ4v) is 4.60. The molecule has 1 aliphatic heterocycles. The van der Waals surface area contributed by atoms with E-state index in [1.807, 2.05) is 0 Å². The lowest BCUT2D eigenvalue weighted by Crippen LogP contribution is -2.47. The van der Waals surface area contributed by atoms with E-state index in [9.17, 15) is 18.5 Å². The van der Waals surface area contributed by atoms with E-state index in [1.54, 1.807) is 6.92 Å². The summed E-state index contributed by atoms with van der Waals surface area (Å²) in [6.45, 7) is 2.30. The van der Waals surface area contributed by atoms with Gasteiger partial charge in [-0.25, -0.2) is 8.42 Å². The lowest BCUT2D eigenvalue weighted by atomic mass is 10.1. The molecule has 1 heterocycles. The third kappa shape index (κ3) is 3.57. The second-order valence-electron chi connectivity index (χ2n) is 5.21. The Morgan fingerprint density at radius 3 is 2.64 bits per heavy atom. The van der Waals surface area contributed by atoms with Crippen LogP contribution in [-0.4, -0.2) is 36.8 Å². The number of hydrogen-bond donors (Lipinski definition) is 1. The minimum atomic E-state index is -3.67. The molecule has 0 spiro atoms. The number of non-ortho nitro benzene ring substituents is 1. The van der Waals surface area contributed by atoms with Gasteiger partial charge in [-0.3, -0.25) is 10.1 Å². The van der Waals surface area contributed by atoms with Gasteiger partial charge in [0.05, 0.1) is 9.82 Å². The van der Waals surface area contributed by atoms with Gasteiger partial charge in [0.2, 0.25) is 10.0 Å². The summed E-state index contributed by atoms with van der Waals surface area (Å²) in [5.74, 6) is 0. The molecule has 2 rings (SSSR count).